The lowest BCUT2D eigenvalue weighted by Gasteiger charge is -2.33. The van der Waals surface area contributed by atoms with Gasteiger partial charge in [0.1, 0.15) is 11.6 Å². The predicted octanol–water partition coefficient (Wildman–Crippen LogP) is 1.95. The third kappa shape index (κ3) is 4.63. The minimum absolute atomic E-state index is 0.0396. The van der Waals surface area contributed by atoms with Crippen LogP contribution in [-0.4, -0.2) is 62.5 Å². The van der Waals surface area contributed by atoms with Crippen molar-refractivity contribution in [2.75, 3.05) is 25.2 Å². The van der Waals surface area contributed by atoms with Crippen LogP contribution in [0.1, 0.15) is 42.5 Å². The Morgan fingerprint density at radius 3 is 2.46 bits per heavy atom. The number of sulfone groups is 1. The molecule has 1 aromatic rings. The van der Waals surface area contributed by atoms with Gasteiger partial charge in [0.15, 0.2) is 16.4 Å². The van der Waals surface area contributed by atoms with Gasteiger partial charge in [0.25, 0.3) is 5.91 Å². The lowest BCUT2D eigenvalue weighted by molar-refractivity contribution is -0.139. The van der Waals surface area contributed by atoms with E-state index in [0.29, 0.717) is 6.42 Å². The zero-order valence-corrected chi connectivity index (χ0v) is 16.5. The molecular formula is C19H24FNO6S. The van der Waals surface area contributed by atoms with Gasteiger partial charge in [-0.1, -0.05) is 12.8 Å². The molecule has 2 fully saturated rings. The van der Waals surface area contributed by atoms with Gasteiger partial charge < -0.3 is 14.4 Å². The summed E-state index contributed by atoms with van der Waals surface area (Å²) in [5, 5.41) is 0. The number of esters is 1. The molecule has 2 aliphatic rings. The number of ether oxygens (including phenoxy) is 2. The summed E-state index contributed by atoms with van der Waals surface area (Å²) in [6, 6.07) is 3.29. The molecule has 0 radical (unpaired) electrons. The molecule has 28 heavy (non-hydrogen) atoms. The van der Waals surface area contributed by atoms with Gasteiger partial charge in [-0.15, -0.1) is 0 Å². The number of carbonyl (C=O) groups is 2. The minimum atomic E-state index is -3.15. The molecule has 1 aliphatic heterocycles. The summed E-state index contributed by atoms with van der Waals surface area (Å²) in [6.07, 6.45) is 3.97. The molecule has 1 aromatic carbocycles. The molecule has 0 aromatic heterocycles. The zero-order chi connectivity index (χ0) is 20.3. The largest absolute Gasteiger partial charge is 0.497 e. The van der Waals surface area contributed by atoms with Gasteiger partial charge in [-0.25, -0.2) is 17.6 Å². The second-order valence-corrected chi connectivity index (χ2v) is 9.45. The quantitative estimate of drug-likeness (QED) is 0.662. The lowest BCUT2D eigenvalue weighted by Crippen LogP contribution is -2.48. The van der Waals surface area contributed by atoms with Crippen LogP contribution in [0.25, 0.3) is 0 Å². The van der Waals surface area contributed by atoms with Crippen LogP contribution in [0.5, 0.6) is 5.75 Å². The van der Waals surface area contributed by atoms with Crippen LogP contribution in [-0.2, 0) is 19.4 Å². The molecule has 0 spiro atoms. The highest BCUT2D eigenvalue weighted by Crippen LogP contribution is 2.29. The number of halogens is 1. The average molecular weight is 413 g/mol. The molecule has 1 amide bonds. The van der Waals surface area contributed by atoms with E-state index in [-0.39, 0.29) is 28.9 Å². The number of hydrogen-bond acceptors (Lipinski definition) is 6. The summed E-state index contributed by atoms with van der Waals surface area (Å²) in [6.45, 7) is -0.544. The third-order valence-corrected chi connectivity index (χ3v) is 7.08. The third-order valence-electron chi connectivity index (χ3n) is 5.33. The van der Waals surface area contributed by atoms with Gasteiger partial charge >= 0.3 is 5.97 Å². The highest BCUT2D eigenvalue weighted by molar-refractivity contribution is 7.91. The van der Waals surface area contributed by atoms with Crippen LogP contribution < -0.4 is 4.74 Å². The van der Waals surface area contributed by atoms with E-state index in [1.165, 1.54) is 19.2 Å². The number of methoxy groups -OCH3 is 1. The van der Waals surface area contributed by atoms with Gasteiger partial charge in [-0.3, -0.25) is 4.79 Å². The molecule has 1 aliphatic carbocycles. The fourth-order valence-corrected chi connectivity index (χ4v) is 5.66. The number of nitrogens with zero attached hydrogens (tertiary/aromatic N) is 1. The van der Waals surface area contributed by atoms with Crippen molar-refractivity contribution in [3.05, 3.63) is 29.6 Å². The summed E-state index contributed by atoms with van der Waals surface area (Å²) in [5.74, 6) is -1.91. The summed E-state index contributed by atoms with van der Waals surface area (Å²) in [5.41, 5.74) is -0.288. The molecular weight excluding hydrogens is 389 g/mol. The summed E-state index contributed by atoms with van der Waals surface area (Å²) >= 11 is 0. The van der Waals surface area contributed by atoms with Gasteiger partial charge in [-0.2, -0.15) is 0 Å². The number of amides is 1. The Morgan fingerprint density at radius 2 is 1.89 bits per heavy atom. The Kier molecular flexibility index (Phi) is 6.22. The normalized spacial score (nSPS) is 21.4. The highest BCUT2D eigenvalue weighted by Gasteiger charge is 2.39. The van der Waals surface area contributed by atoms with Crippen molar-refractivity contribution in [2.45, 2.75) is 44.2 Å². The van der Waals surface area contributed by atoms with Crippen molar-refractivity contribution in [1.82, 2.24) is 4.90 Å². The second-order valence-electron chi connectivity index (χ2n) is 7.22. The molecule has 9 heteroatoms. The molecule has 0 bridgehead atoms. The van der Waals surface area contributed by atoms with Crippen molar-refractivity contribution >= 4 is 21.7 Å². The Balaban J connectivity index is 1.67. The van der Waals surface area contributed by atoms with Crippen LogP contribution in [0.15, 0.2) is 18.2 Å². The first-order chi connectivity index (χ1) is 13.3. The van der Waals surface area contributed by atoms with E-state index in [9.17, 15) is 22.4 Å². The highest BCUT2D eigenvalue weighted by atomic mass is 32.2. The molecule has 1 saturated heterocycles. The number of carbonyl (C=O) groups excluding carboxylic acids is 2. The van der Waals surface area contributed by atoms with Crippen LogP contribution in [0.3, 0.4) is 0 Å². The molecule has 1 saturated carbocycles. The van der Waals surface area contributed by atoms with E-state index in [1.807, 2.05) is 0 Å². The Morgan fingerprint density at radius 1 is 1.18 bits per heavy atom. The van der Waals surface area contributed by atoms with Gasteiger partial charge in [-0.05, 0) is 31.4 Å². The monoisotopic (exact) mass is 413 g/mol. The number of hydrogen-bond donors (Lipinski definition) is 0. The van der Waals surface area contributed by atoms with Gasteiger partial charge in [0, 0.05) is 18.2 Å². The van der Waals surface area contributed by atoms with E-state index in [4.69, 9.17) is 9.47 Å². The maximum absolute atomic E-state index is 14.0. The number of benzene rings is 1. The molecule has 1 heterocycles. The Bertz CT molecular complexity index is 850. The van der Waals surface area contributed by atoms with Crippen molar-refractivity contribution in [2.24, 2.45) is 0 Å². The summed E-state index contributed by atoms with van der Waals surface area (Å²) in [7, 11) is -1.77. The second kappa shape index (κ2) is 8.46. The van der Waals surface area contributed by atoms with E-state index < -0.39 is 40.2 Å². The first-order valence-electron chi connectivity index (χ1n) is 9.33. The fraction of sp³-hybridized carbons (Fsp3) is 0.579. The summed E-state index contributed by atoms with van der Waals surface area (Å²) in [4.78, 5) is 26.6. The smallest absolute Gasteiger partial charge is 0.341 e. The summed E-state index contributed by atoms with van der Waals surface area (Å²) < 4.78 is 47.6. The molecule has 7 nitrogen and oxygen atoms in total. The maximum atomic E-state index is 14.0. The fourth-order valence-electron chi connectivity index (χ4n) is 3.95. The SMILES string of the molecule is COc1ccc(C(=O)OCC(=O)N(C2CCCC2)C2CCS(=O)(=O)C2)c(F)c1. The molecule has 154 valence electrons. The Labute approximate surface area is 163 Å². The van der Waals surface area contributed by atoms with E-state index in [1.54, 1.807) is 4.90 Å². The van der Waals surface area contributed by atoms with Crippen LogP contribution >= 0.6 is 0 Å². The van der Waals surface area contributed by atoms with E-state index in [2.05, 4.69) is 0 Å². The van der Waals surface area contributed by atoms with E-state index >= 15 is 0 Å². The van der Waals surface area contributed by atoms with Crippen LogP contribution in [0, 0.1) is 5.82 Å². The first-order valence-corrected chi connectivity index (χ1v) is 11.1. The molecule has 1 unspecified atom stereocenters. The van der Waals surface area contributed by atoms with Crippen molar-refractivity contribution < 1.29 is 31.9 Å². The van der Waals surface area contributed by atoms with Crippen molar-refractivity contribution in [3.63, 3.8) is 0 Å². The van der Waals surface area contributed by atoms with Crippen LogP contribution in [0.2, 0.25) is 0 Å². The number of rotatable bonds is 6. The molecule has 3 rings (SSSR count). The zero-order valence-electron chi connectivity index (χ0n) is 15.7. The lowest BCUT2D eigenvalue weighted by atomic mass is 10.1. The van der Waals surface area contributed by atoms with Gasteiger partial charge in [0.05, 0.1) is 24.2 Å². The van der Waals surface area contributed by atoms with Gasteiger partial charge in [0.2, 0.25) is 0 Å². The van der Waals surface area contributed by atoms with Crippen molar-refractivity contribution in [1.29, 1.82) is 0 Å². The van der Waals surface area contributed by atoms with Crippen LogP contribution in [0.4, 0.5) is 4.39 Å². The minimum Gasteiger partial charge on any atom is -0.497 e. The molecule has 0 N–H and O–H groups in total. The maximum Gasteiger partial charge on any atom is 0.341 e. The average Bonchev–Trinajstić information content (AvgIpc) is 3.29. The first kappa shape index (κ1) is 20.6. The molecule has 1 atom stereocenters. The van der Waals surface area contributed by atoms with E-state index in [0.717, 1.165) is 31.7 Å². The van der Waals surface area contributed by atoms with Crippen molar-refractivity contribution in [3.8, 4) is 5.75 Å². The topological polar surface area (TPSA) is 90.0 Å². The predicted molar refractivity (Wildman–Crippen MR) is 99.4 cm³/mol. The standard InChI is InChI=1S/C19H24FNO6S/c1-26-15-6-7-16(17(20)10-15)19(23)27-11-18(22)21(13-4-2-3-5-13)14-8-9-28(24,25)12-14/h6-7,10,13-14H,2-5,8-9,11-12H2,1H3. The Hall–Kier alpha value is -2.16.